The summed E-state index contributed by atoms with van der Waals surface area (Å²) in [5.74, 6) is -0.293. The van der Waals surface area contributed by atoms with Crippen LogP contribution in [0.4, 0.5) is 17.1 Å². The summed E-state index contributed by atoms with van der Waals surface area (Å²) in [6, 6.07) is 11.6. The van der Waals surface area contributed by atoms with Crippen molar-refractivity contribution >= 4 is 34.7 Å². The minimum atomic E-state index is -0.503. The highest BCUT2D eigenvalue weighted by Crippen LogP contribution is 2.37. The average molecular weight is 303 g/mol. The number of benzene rings is 2. The zero-order chi connectivity index (χ0) is 15.4. The molecule has 0 bridgehead atoms. The zero-order valence-electron chi connectivity index (χ0n) is 11.2. The Balaban J connectivity index is 2.40. The van der Waals surface area contributed by atoms with E-state index in [1.165, 1.54) is 30.8 Å². The Kier molecular flexibility index (Phi) is 4.44. The van der Waals surface area contributed by atoms with Crippen molar-refractivity contribution in [2.75, 3.05) is 11.1 Å². The maximum atomic E-state index is 11.3. The van der Waals surface area contributed by atoms with Gasteiger partial charge >= 0.3 is 0 Å². The second kappa shape index (κ2) is 6.27. The summed E-state index contributed by atoms with van der Waals surface area (Å²) in [5, 5.41) is 13.4. The van der Waals surface area contributed by atoms with Crippen LogP contribution in [-0.4, -0.2) is 10.8 Å². The van der Waals surface area contributed by atoms with E-state index in [-0.39, 0.29) is 11.6 Å². The molecule has 0 heterocycles. The lowest BCUT2D eigenvalue weighted by atomic mass is 10.3. The molecular weight excluding hydrogens is 290 g/mol. The van der Waals surface area contributed by atoms with Crippen LogP contribution in [0, 0.1) is 10.1 Å². The first-order chi connectivity index (χ1) is 9.97. The molecule has 108 valence electrons. The summed E-state index contributed by atoms with van der Waals surface area (Å²) in [6.07, 6.45) is 0. The molecule has 0 saturated heterocycles. The number of nitrogens with zero attached hydrogens (tertiary/aromatic N) is 1. The molecule has 6 nitrogen and oxygen atoms in total. The predicted molar refractivity (Wildman–Crippen MR) is 82.4 cm³/mol. The third-order valence-corrected chi connectivity index (χ3v) is 3.79. The van der Waals surface area contributed by atoms with Gasteiger partial charge in [0.05, 0.1) is 10.6 Å². The van der Waals surface area contributed by atoms with E-state index in [1.54, 1.807) is 12.1 Å². The van der Waals surface area contributed by atoms with Crippen LogP contribution in [0.1, 0.15) is 6.92 Å². The molecule has 2 aromatic rings. The standard InChI is InChI=1S/C14H13N3O3S/c1-9(18)16-12-8-10(17(19)20)6-7-14(12)21-13-5-3-2-4-11(13)15/h2-8H,15H2,1H3,(H,16,18). The van der Waals surface area contributed by atoms with E-state index in [9.17, 15) is 14.9 Å². The number of anilines is 2. The van der Waals surface area contributed by atoms with Gasteiger partial charge in [-0.1, -0.05) is 23.9 Å². The van der Waals surface area contributed by atoms with Gasteiger partial charge in [0.2, 0.25) is 5.91 Å². The quantitative estimate of drug-likeness (QED) is 0.513. The molecule has 0 spiro atoms. The smallest absolute Gasteiger partial charge is 0.271 e. The summed E-state index contributed by atoms with van der Waals surface area (Å²) < 4.78 is 0. The second-order valence-corrected chi connectivity index (χ2v) is 5.34. The van der Waals surface area contributed by atoms with Crippen LogP contribution in [-0.2, 0) is 4.79 Å². The molecule has 0 unspecified atom stereocenters. The van der Waals surface area contributed by atoms with Crippen LogP contribution in [0.5, 0.6) is 0 Å². The first kappa shape index (κ1) is 14.9. The largest absolute Gasteiger partial charge is 0.398 e. The maximum Gasteiger partial charge on any atom is 0.271 e. The molecule has 0 aliphatic rings. The molecule has 0 radical (unpaired) electrons. The van der Waals surface area contributed by atoms with Gasteiger partial charge < -0.3 is 11.1 Å². The number of nitrogens with one attached hydrogen (secondary N) is 1. The Morgan fingerprint density at radius 2 is 1.95 bits per heavy atom. The van der Waals surface area contributed by atoms with Gasteiger partial charge in [-0.3, -0.25) is 14.9 Å². The summed E-state index contributed by atoms with van der Waals surface area (Å²) >= 11 is 1.34. The van der Waals surface area contributed by atoms with Crippen LogP contribution in [0.2, 0.25) is 0 Å². The van der Waals surface area contributed by atoms with Gasteiger partial charge in [0.15, 0.2) is 0 Å². The molecule has 0 aliphatic carbocycles. The average Bonchev–Trinajstić information content (AvgIpc) is 2.42. The summed E-state index contributed by atoms with van der Waals surface area (Å²) in [4.78, 5) is 23.1. The topological polar surface area (TPSA) is 98.3 Å². The molecule has 0 aliphatic heterocycles. The monoisotopic (exact) mass is 303 g/mol. The molecule has 2 rings (SSSR count). The fourth-order valence-corrected chi connectivity index (χ4v) is 2.63. The molecule has 0 atom stereocenters. The van der Waals surface area contributed by atoms with Crippen molar-refractivity contribution in [2.45, 2.75) is 16.7 Å². The molecule has 0 fully saturated rings. The normalized spacial score (nSPS) is 10.1. The Morgan fingerprint density at radius 1 is 1.24 bits per heavy atom. The number of amides is 1. The first-order valence-corrected chi connectivity index (χ1v) is 6.87. The number of carbonyl (C=O) groups is 1. The first-order valence-electron chi connectivity index (χ1n) is 6.06. The number of non-ortho nitro benzene ring substituents is 1. The molecule has 2 aromatic carbocycles. The number of carbonyl (C=O) groups excluding carboxylic acids is 1. The minimum Gasteiger partial charge on any atom is -0.398 e. The molecule has 0 saturated carbocycles. The number of hydrogen-bond acceptors (Lipinski definition) is 5. The lowest BCUT2D eigenvalue weighted by Crippen LogP contribution is -2.07. The molecule has 7 heteroatoms. The van der Waals surface area contributed by atoms with Crippen molar-refractivity contribution in [1.82, 2.24) is 0 Å². The van der Waals surface area contributed by atoms with Crippen molar-refractivity contribution < 1.29 is 9.72 Å². The van der Waals surface area contributed by atoms with E-state index in [2.05, 4.69) is 5.32 Å². The molecule has 1 amide bonds. The third-order valence-electron chi connectivity index (χ3n) is 2.62. The van der Waals surface area contributed by atoms with Gasteiger partial charge in [0.25, 0.3) is 5.69 Å². The van der Waals surface area contributed by atoms with Crippen molar-refractivity contribution in [3.63, 3.8) is 0 Å². The van der Waals surface area contributed by atoms with E-state index in [0.717, 1.165) is 4.90 Å². The van der Waals surface area contributed by atoms with Crippen LogP contribution >= 0.6 is 11.8 Å². The number of rotatable bonds is 4. The van der Waals surface area contributed by atoms with Crippen molar-refractivity contribution in [3.05, 3.63) is 52.6 Å². The van der Waals surface area contributed by atoms with Crippen molar-refractivity contribution in [3.8, 4) is 0 Å². The van der Waals surface area contributed by atoms with E-state index in [1.807, 2.05) is 18.2 Å². The summed E-state index contributed by atoms with van der Waals surface area (Å²) in [7, 11) is 0. The van der Waals surface area contributed by atoms with Crippen LogP contribution < -0.4 is 11.1 Å². The zero-order valence-corrected chi connectivity index (χ0v) is 12.0. The van der Waals surface area contributed by atoms with E-state index < -0.39 is 4.92 Å². The summed E-state index contributed by atoms with van der Waals surface area (Å²) in [5.41, 5.74) is 6.80. The number of nitrogen functional groups attached to an aromatic ring is 1. The van der Waals surface area contributed by atoms with Crippen molar-refractivity contribution in [2.24, 2.45) is 0 Å². The highest BCUT2D eigenvalue weighted by atomic mass is 32.2. The Morgan fingerprint density at radius 3 is 2.57 bits per heavy atom. The molecule has 0 aromatic heterocycles. The van der Waals surface area contributed by atoms with Gasteiger partial charge in [-0.25, -0.2) is 0 Å². The Bertz CT molecular complexity index is 704. The SMILES string of the molecule is CC(=O)Nc1cc([N+](=O)[O-])ccc1Sc1ccccc1N. The second-order valence-electron chi connectivity index (χ2n) is 4.26. The predicted octanol–water partition coefficient (Wildman–Crippen LogP) is 3.29. The number of nitro groups is 1. The lowest BCUT2D eigenvalue weighted by molar-refractivity contribution is -0.384. The van der Waals surface area contributed by atoms with Crippen LogP contribution in [0.25, 0.3) is 0 Å². The van der Waals surface area contributed by atoms with Gasteiger partial charge in [-0.15, -0.1) is 0 Å². The lowest BCUT2D eigenvalue weighted by Gasteiger charge is -2.10. The Hall–Kier alpha value is -2.54. The van der Waals surface area contributed by atoms with Gasteiger partial charge in [-0.05, 0) is 18.2 Å². The van der Waals surface area contributed by atoms with E-state index in [4.69, 9.17) is 5.73 Å². The van der Waals surface area contributed by atoms with Gasteiger partial charge in [0.1, 0.15) is 0 Å². The number of para-hydroxylation sites is 1. The van der Waals surface area contributed by atoms with E-state index >= 15 is 0 Å². The third kappa shape index (κ3) is 3.73. The van der Waals surface area contributed by atoms with E-state index in [0.29, 0.717) is 16.3 Å². The number of nitro benzene ring substituents is 1. The summed E-state index contributed by atoms with van der Waals surface area (Å²) in [6.45, 7) is 1.35. The van der Waals surface area contributed by atoms with Crippen molar-refractivity contribution in [1.29, 1.82) is 0 Å². The molecular formula is C14H13N3O3S. The highest BCUT2D eigenvalue weighted by Gasteiger charge is 2.13. The maximum absolute atomic E-state index is 11.3. The van der Waals surface area contributed by atoms with Crippen LogP contribution in [0.3, 0.4) is 0 Å². The minimum absolute atomic E-state index is 0.0795. The highest BCUT2D eigenvalue weighted by molar-refractivity contribution is 7.99. The van der Waals surface area contributed by atoms with Gasteiger partial charge in [-0.2, -0.15) is 0 Å². The molecule has 21 heavy (non-hydrogen) atoms. The fourth-order valence-electron chi connectivity index (χ4n) is 1.70. The Labute approximate surface area is 125 Å². The fraction of sp³-hybridized carbons (Fsp3) is 0.0714. The molecule has 3 N–H and O–H groups in total. The van der Waals surface area contributed by atoms with Gasteiger partial charge in [0, 0.05) is 34.5 Å². The number of nitrogens with two attached hydrogens (primary N) is 1. The van der Waals surface area contributed by atoms with Crippen LogP contribution in [0.15, 0.2) is 52.3 Å². The number of hydrogen-bond donors (Lipinski definition) is 2.